The van der Waals surface area contributed by atoms with Crippen LogP contribution in [0.2, 0.25) is 0 Å². The fraction of sp³-hybridized carbons (Fsp3) is 0.429. The topological polar surface area (TPSA) is 76.5 Å². The Morgan fingerprint density at radius 1 is 1.20 bits per heavy atom. The van der Waals surface area contributed by atoms with Crippen molar-refractivity contribution in [2.75, 3.05) is 0 Å². The van der Waals surface area contributed by atoms with Crippen molar-refractivity contribution in [1.82, 2.24) is 19.1 Å². The monoisotopic (exact) mass is 415 g/mol. The van der Waals surface area contributed by atoms with Crippen molar-refractivity contribution in [1.29, 1.82) is 5.26 Å². The highest BCUT2D eigenvalue weighted by Crippen LogP contribution is 2.42. The molecule has 0 radical (unpaired) electrons. The summed E-state index contributed by atoms with van der Waals surface area (Å²) in [6.45, 7) is 2.45. The molecule has 0 saturated heterocycles. The first-order valence-corrected chi connectivity index (χ1v) is 9.89. The summed E-state index contributed by atoms with van der Waals surface area (Å²) in [6.07, 6.45) is -2.14. The molecule has 1 aliphatic rings. The van der Waals surface area contributed by atoms with Crippen molar-refractivity contribution in [3.05, 3.63) is 52.3 Å². The molecule has 0 aliphatic heterocycles. The molecule has 2 aromatic heterocycles. The minimum absolute atomic E-state index is 0.00495. The number of aryl methyl sites for hydroxylation is 1. The molecule has 0 spiro atoms. The SMILES string of the molecule is CCn1cnc2c(=O)n(-c3ccccc3C#N)c(C3CCC(C(F)(F)F)CC3)nc21. The van der Waals surface area contributed by atoms with Gasteiger partial charge in [0.2, 0.25) is 0 Å². The molecule has 4 rings (SSSR count). The summed E-state index contributed by atoms with van der Waals surface area (Å²) in [6, 6.07) is 8.73. The Labute approximate surface area is 170 Å². The molecule has 2 heterocycles. The van der Waals surface area contributed by atoms with Crippen LogP contribution in [0.1, 0.15) is 49.9 Å². The molecule has 0 N–H and O–H groups in total. The Bertz CT molecular complexity index is 1180. The van der Waals surface area contributed by atoms with Gasteiger partial charge in [-0.15, -0.1) is 0 Å². The molecule has 3 aromatic rings. The van der Waals surface area contributed by atoms with Gasteiger partial charge in [0.15, 0.2) is 11.2 Å². The van der Waals surface area contributed by atoms with E-state index in [2.05, 4.69) is 11.1 Å². The Hall–Kier alpha value is -3.15. The van der Waals surface area contributed by atoms with Gasteiger partial charge in [0.25, 0.3) is 5.56 Å². The Balaban J connectivity index is 1.90. The molecule has 1 saturated carbocycles. The lowest BCUT2D eigenvalue weighted by Gasteiger charge is -2.30. The van der Waals surface area contributed by atoms with E-state index in [1.54, 1.807) is 28.8 Å². The lowest BCUT2D eigenvalue weighted by molar-refractivity contribution is -0.182. The third-order valence-corrected chi connectivity index (χ3v) is 5.83. The predicted molar refractivity (Wildman–Crippen MR) is 104 cm³/mol. The molecule has 156 valence electrons. The van der Waals surface area contributed by atoms with Crippen molar-refractivity contribution in [3.63, 3.8) is 0 Å². The summed E-state index contributed by atoms with van der Waals surface area (Å²) in [5.41, 5.74) is 0.848. The zero-order chi connectivity index (χ0) is 21.5. The summed E-state index contributed by atoms with van der Waals surface area (Å²) in [7, 11) is 0. The van der Waals surface area contributed by atoms with Crippen molar-refractivity contribution >= 4 is 11.2 Å². The normalized spacial score (nSPS) is 19.7. The van der Waals surface area contributed by atoms with Crippen molar-refractivity contribution in [2.45, 2.75) is 51.2 Å². The number of para-hydroxylation sites is 1. The quantitative estimate of drug-likeness (QED) is 0.639. The second-order valence-corrected chi connectivity index (χ2v) is 7.53. The van der Waals surface area contributed by atoms with Gasteiger partial charge in [0, 0.05) is 12.5 Å². The first-order valence-electron chi connectivity index (χ1n) is 9.89. The van der Waals surface area contributed by atoms with Crippen LogP contribution in [0, 0.1) is 17.2 Å². The fourth-order valence-electron chi connectivity index (χ4n) is 4.19. The van der Waals surface area contributed by atoms with E-state index in [0.29, 0.717) is 29.3 Å². The van der Waals surface area contributed by atoms with E-state index in [9.17, 15) is 23.2 Å². The number of hydrogen-bond acceptors (Lipinski definition) is 4. The van der Waals surface area contributed by atoms with Crippen molar-refractivity contribution < 1.29 is 13.2 Å². The highest BCUT2D eigenvalue weighted by Gasteiger charge is 2.42. The first-order chi connectivity index (χ1) is 14.3. The average Bonchev–Trinajstić information content (AvgIpc) is 3.16. The van der Waals surface area contributed by atoms with Gasteiger partial charge in [-0.25, -0.2) is 9.97 Å². The van der Waals surface area contributed by atoms with E-state index < -0.39 is 17.7 Å². The maximum absolute atomic E-state index is 13.4. The van der Waals surface area contributed by atoms with Crippen LogP contribution in [0.25, 0.3) is 16.9 Å². The summed E-state index contributed by atoms with van der Waals surface area (Å²) < 4.78 is 42.5. The number of fused-ring (bicyclic) bond motifs is 1. The summed E-state index contributed by atoms with van der Waals surface area (Å²) in [4.78, 5) is 22.3. The maximum Gasteiger partial charge on any atom is 0.391 e. The number of rotatable bonds is 3. The van der Waals surface area contributed by atoms with E-state index >= 15 is 0 Å². The molecular formula is C21H20F3N5O. The zero-order valence-corrected chi connectivity index (χ0v) is 16.4. The lowest BCUT2D eigenvalue weighted by Crippen LogP contribution is -2.31. The van der Waals surface area contributed by atoms with Gasteiger partial charge < -0.3 is 4.57 Å². The molecule has 0 amide bonds. The van der Waals surface area contributed by atoms with Gasteiger partial charge in [-0.05, 0) is 44.7 Å². The third kappa shape index (κ3) is 3.36. The molecule has 0 bridgehead atoms. The molecule has 30 heavy (non-hydrogen) atoms. The Morgan fingerprint density at radius 3 is 2.53 bits per heavy atom. The summed E-state index contributed by atoms with van der Waals surface area (Å²) in [5.74, 6) is -1.25. The van der Waals surface area contributed by atoms with Gasteiger partial charge in [0.05, 0.1) is 23.5 Å². The Kier molecular flexibility index (Phi) is 5.10. The lowest BCUT2D eigenvalue weighted by atomic mass is 9.81. The largest absolute Gasteiger partial charge is 0.391 e. The number of benzene rings is 1. The van der Waals surface area contributed by atoms with E-state index in [-0.39, 0.29) is 37.1 Å². The molecule has 9 heteroatoms. The zero-order valence-electron chi connectivity index (χ0n) is 16.4. The minimum Gasteiger partial charge on any atom is -0.315 e. The smallest absolute Gasteiger partial charge is 0.315 e. The summed E-state index contributed by atoms with van der Waals surface area (Å²) >= 11 is 0. The van der Waals surface area contributed by atoms with Crippen LogP contribution in [0.4, 0.5) is 13.2 Å². The number of nitrogens with zero attached hydrogens (tertiary/aromatic N) is 5. The van der Waals surface area contributed by atoms with E-state index in [4.69, 9.17) is 4.98 Å². The molecular weight excluding hydrogens is 395 g/mol. The molecule has 0 atom stereocenters. The molecule has 1 aliphatic carbocycles. The van der Waals surface area contributed by atoms with E-state index in [1.165, 1.54) is 10.9 Å². The minimum atomic E-state index is -4.21. The fourth-order valence-corrected chi connectivity index (χ4v) is 4.19. The molecule has 1 aromatic carbocycles. The number of halogens is 3. The predicted octanol–water partition coefficient (Wildman–Crippen LogP) is 4.31. The van der Waals surface area contributed by atoms with Crippen LogP contribution in [0.15, 0.2) is 35.4 Å². The van der Waals surface area contributed by atoms with E-state index in [0.717, 1.165) is 0 Å². The van der Waals surface area contributed by atoms with Crippen LogP contribution in [-0.4, -0.2) is 25.3 Å². The average molecular weight is 415 g/mol. The number of nitriles is 1. The van der Waals surface area contributed by atoms with Crippen LogP contribution >= 0.6 is 0 Å². The standard InChI is InChI=1S/C21H20F3N5O/c1-2-28-12-26-17-19(28)27-18(13-7-9-15(10-8-13)21(22,23)24)29(20(17)30)16-6-4-3-5-14(16)11-25/h3-6,12-13,15H,2,7-10H2,1H3. The number of hydrogen-bond donors (Lipinski definition) is 0. The highest BCUT2D eigenvalue weighted by atomic mass is 19.4. The highest BCUT2D eigenvalue weighted by molar-refractivity contribution is 5.70. The molecule has 0 unspecified atom stereocenters. The van der Waals surface area contributed by atoms with Gasteiger partial charge >= 0.3 is 6.18 Å². The first kappa shape index (κ1) is 20.1. The number of imidazole rings is 1. The van der Waals surface area contributed by atoms with Gasteiger partial charge in [0.1, 0.15) is 11.9 Å². The molecule has 1 fully saturated rings. The third-order valence-electron chi connectivity index (χ3n) is 5.83. The van der Waals surface area contributed by atoms with Gasteiger partial charge in [-0.3, -0.25) is 9.36 Å². The molecule has 6 nitrogen and oxygen atoms in total. The second-order valence-electron chi connectivity index (χ2n) is 7.53. The van der Waals surface area contributed by atoms with Crippen molar-refractivity contribution in [3.8, 4) is 11.8 Å². The number of aromatic nitrogens is 4. The van der Waals surface area contributed by atoms with Crippen LogP contribution in [-0.2, 0) is 6.54 Å². The van der Waals surface area contributed by atoms with Crippen LogP contribution in [0.5, 0.6) is 0 Å². The Morgan fingerprint density at radius 2 is 1.90 bits per heavy atom. The van der Waals surface area contributed by atoms with Gasteiger partial charge in [-0.2, -0.15) is 18.4 Å². The maximum atomic E-state index is 13.4. The second kappa shape index (κ2) is 7.59. The van der Waals surface area contributed by atoms with Crippen molar-refractivity contribution in [2.24, 2.45) is 5.92 Å². The van der Waals surface area contributed by atoms with E-state index in [1.807, 2.05) is 6.92 Å². The van der Waals surface area contributed by atoms with Crippen LogP contribution < -0.4 is 5.56 Å². The van der Waals surface area contributed by atoms with Crippen LogP contribution in [0.3, 0.4) is 0 Å². The summed E-state index contributed by atoms with van der Waals surface area (Å²) in [5, 5.41) is 9.52. The number of alkyl halides is 3. The van der Waals surface area contributed by atoms with Gasteiger partial charge in [-0.1, -0.05) is 12.1 Å².